The third-order valence-electron chi connectivity index (χ3n) is 6.93. The first kappa shape index (κ1) is 21.1. The maximum absolute atomic E-state index is 3.91. The molecule has 0 amide bonds. The Balaban J connectivity index is 1.64. The molecular weight excluding hydrogens is 372 g/mol. The van der Waals surface area contributed by atoms with E-state index >= 15 is 0 Å². The second-order valence-electron chi connectivity index (χ2n) is 8.75. The van der Waals surface area contributed by atoms with Crippen molar-refractivity contribution in [3.63, 3.8) is 0 Å². The Morgan fingerprint density at radius 1 is 0.452 bits per heavy atom. The molecule has 2 atom stereocenters. The molecule has 1 aliphatic rings. The van der Waals surface area contributed by atoms with Crippen molar-refractivity contribution >= 4 is 18.2 Å². The molecule has 0 radical (unpaired) electrons. The molecular formula is C31H32. The van der Waals surface area contributed by atoms with Crippen LogP contribution in [0.4, 0.5) is 0 Å². The Morgan fingerprint density at radius 2 is 0.742 bits per heavy atom. The van der Waals surface area contributed by atoms with Crippen molar-refractivity contribution < 1.29 is 0 Å². The van der Waals surface area contributed by atoms with Crippen LogP contribution < -0.4 is 0 Å². The maximum Gasteiger partial charge on any atom is -0.0150 e. The van der Waals surface area contributed by atoms with Crippen molar-refractivity contribution in [1.29, 1.82) is 0 Å². The zero-order chi connectivity index (χ0) is 21.6. The summed E-state index contributed by atoms with van der Waals surface area (Å²) < 4.78 is 0. The van der Waals surface area contributed by atoms with Gasteiger partial charge in [0.25, 0.3) is 0 Å². The summed E-state index contributed by atoms with van der Waals surface area (Å²) in [4.78, 5) is 0. The third-order valence-corrected chi connectivity index (χ3v) is 6.93. The molecule has 0 nitrogen and oxygen atoms in total. The van der Waals surface area contributed by atoms with Gasteiger partial charge in [0.2, 0.25) is 0 Å². The molecule has 0 saturated heterocycles. The molecule has 0 spiro atoms. The van der Waals surface area contributed by atoms with E-state index < -0.39 is 0 Å². The minimum atomic E-state index is 0.550. The zero-order valence-corrected chi connectivity index (χ0v) is 18.3. The first-order valence-corrected chi connectivity index (χ1v) is 11.4. The van der Waals surface area contributed by atoms with Crippen molar-refractivity contribution in [3.8, 4) is 0 Å². The number of benzene rings is 3. The molecule has 4 rings (SSSR count). The minimum Gasteiger partial charge on any atom is -0.0985 e. The van der Waals surface area contributed by atoms with Gasteiger partial charge in [0.05, 0.1) is 0 Å². The van der Waals surface area contributed by atoms with E-state index in [4.69, 9.17) is 0 Å². The minimum absolute atomic E-state index is 0.550. The van der Waals surface area contributed by atoms with E-state index in [1.54, 1.807) is 0 Å². The highest BCUT2D eigenvalue weighted by Gasteiger charge is 2.28. The summed E-state index contributed by atoms with van der Waals surface area (Å²) in [5.74, 6) is 1.72. The van der Waals surface area contributed by atoms with Crippen molar-refractivity contribution in [2.75, 3.05) is 0 Å². The molecule has 1 saturated carbocycles. The van der Waals surface area contributed by atoms with Crippen molar-refractivity contribution in [2.45, 2.75) is 43.4 Å². The van der Waals surface area contributed by atoms with Crippen molar-refractivity contribution in [1.82, 2.24) is 0 Å². The molecule has 3 aromatic carbocycles. The standard InChI is InChI=1S/C31H32/c1-4-23-7-13-26(14-8-23)29-19-20-30(27-15-9-24(5-2)10-16-27)22-31(21-29)28-17-11-25(6-3)12-18-28/h4-18,29-31H,1-3,19-22H2. The Bertz CT molecular complexity index is 957. The molecule has 1 aliphatic carbocycles. The largest absolute Gasteiger partial charge is 0.0985 e. The van der Waals surface area contributed by atoms with Crippen LogP contribution in [-0.2, 0) is 0 Å². The third kappa shape index (κ3) is 4.97. The van der Waals surface area contributed by atoms with E-state index in [9.17, 15) is 0 Å². The molecule has 0 aromatic heterocycles. The summed E-state index contributed by atoms with van der Waals surface area (Å²) in [6.45, 7) is 11.7. The molecule has 0 heterocycles. The zero-order valence-electron chi connectivity index (χ0n) is 18.3. The second-order valence-corrected chi connectivity index (χ2v) is 8.75. The first-order chi connectivity index (χ1) is 15.2. The van der Waals surface area contributed by atoms with E-state index in [2.05, 4.69) is 92.5 Å². The average Bonchev–Trinajstić information content (AvgIpc) is 3.08. The highest BCUT2D eigenvalue weighted by molar-refractivity contribution is 5.49. The van der Waals surface area contributed by atoms with E-state index in [0.29, 0.717) is 17.8 Å². The average molecular weight is 405 g/mol. The van der Waals surface area contributed by atoms with Crippen LogP contribution in [0.5, 0.6) is 0 Å². The summed E-state index contributed by atoms with van der Waals surface area (Å²) in [7, 11) is 0. The van der Waals surface area contributed by atoms with Gasteiger partial charge >= 0.3 is 0 Å². The normalized spacial score (nSPS) is 21.1. The summed E-state index contributed by atoms with van der Waals surface area (Å²) in [6.07, 6.45) is 10.6. The highest BCUT2D eigenvalue weighted by Crippen LogP contribution is 2.45. The van der Waals surface area contributed by atoms with E-state index in [1.807, 2.05) is 18.2 Å². The van der Waals surface area contributed by atoms with Crippen LogP contribution in [-0.4, -0.2) is 0 Å². The summed E-state index contributed by atoms with van der Waals surface area (Å²) in [5.41, 5.74) is 7.93. The lowest BCUT2D eigenvalue weighted by Gasteiger charge is -2.23. The second kappa shape index (κ2) is 9.79. The van der Waals surface area contributed by atoms with Gasteiger partial charge < -0.3 is 0 Å². The fraction of sp³-hybridized carbons (Fsp3) is 0.226. The predicted molar refractivity (Wildman–Crippen MR) is 136 cm³/mol. The van der Waals surface area contributed by atoms with Crippen LogP contribution in [0.2, 0.25) is 0 Å². The topological polar surface area (TPSA) is 0 Å². The lowest BCUT2D eigenvalue weighted by Crippen LogP contribution is -2.06. The Morgan fingerprint density at radius 3 is 1.03 bits per heavy atom. The molecule has 31 heavy (non-hydrogen) atoms. The molecule has 3 aromatic rings. The molecule has 156 valence electrons. The van der Waals surface area contributed by atoms with Gasteiger partial charge in [-0.3, -0.25) is 0 Å². The Kier molecular flexibility index (Phi) is 6.67. The van der Waals surface area contributed by atoms with E-state index in [-0.39, 0.29) is 0 Å². The Hall–Kier alpha value is -3.12. The fourth-order valence-corrected chi connectivity index (χ4v) is 5.01. The van der Waals surface area contributed by atoms with Crippen LogP contribution in [0, 0.1) is 0 Å². The van der Waals surface area contributed by atoms with Gasteiger partial charge in [-0.1, -0.05) is 111 Å². The van der Waals surface area contributed by atoms with Crippen molar-refractivity contribution in [3.05, 3.63) is 126 Å². The summed E-state index contributed by atoms with van der Waals surface area (Å²) >= 11 is 0. The lowest BCUT2D eigenvalue weighted by molar-refractivity contribution is 0.528. The molecule has 0 bridgehead atoms. The number of rotatable bonds is 6. The molecule has 0 heteroatoms. The Labute approximate surface area is 187 Å². The smallest absolute Gasteiger partial charge is 0.0150 e. The lowest BCUT2D eigenvalue weighted by atomic mass is 9.82. The van der Waals surface area contributed by atoms with Crippen LogP contribution in [0.15, 0.2) is 92.5 Å². The summed E-state index contributed by atoms with van der Waals surface area (Å²) in [5, 5.41) is 0. The first-order valence-electron chi connectivity index (χ1n) is 11.4. The van der Waals surface area contributed by atoms with Gasteiger partial charge in [0.1, 0.15) is 0 Å². The summed E-state index contributed by atoms with van der Waals surface area (Å²) in [6, 6.07) is 27.0. The molecule has 2 unspecified atom stereocenters. The van der Waals surface area contributed by atoms with Crippen molar-refractivity contribution in [2.24, 2.45) is 0 Å². The van der Waals surface area contributed by atoms with Crippen LogP contribution in [0.25, 0.3) is 18.2 Å². The SMILES string of the molecule is C=Cc1ccc(C2CCC(c3ccc(C=C)cc3)CC(c3ccc(C=C)cc3)C2)cc1. The van der Waals surface area contributed by atoms with Gasteiger partial charge in [-0.05, 0) is 76.8 Å². The predicted octanol–water partition coefficient (Wildman–Crippen LogP) is 8.84. The molecule has 0 aliphatic heterocycles. The maximum atomic E-state index is 3.91. The monoisotopic (exact) mass is 404 g/mol. The molecule has 0 N–H and O–H groups in total. The van der Waals surface area contributed by atoms with E-state index in [1.165, 1.54) is 59.1 Å². The number of hydrogen-bond acceptors (Lipinski definition) is 0. The van der Waals surface area contributed by atoms with Crippen LogP contribution in [0.3, 0.4) is 0 Å². The molecule has 1 fully saturated rings. The van der Waals surface area contributed by atoms with Gasteiger partial charge in [-0.2, -0.15) is 0 Å². The van der Waals surface area contributed by atoms with Gasteiger partial charge in [-0.15, -0.1) is 0 Å². The van der Waals surface area contributed by atoms with E-state index in [0.717, 1.165) is 0 Å². The van der Waals surface area contributed by atoms with Gasteiger partial charge in [0.15, 0.2) is 0 Å². The number of hydrogen-bond donors (Lipinski definition) is 0. The van der Waals surface area contributed by atoms with Crippen LogP contribution in [0.1, 0.15) is 76.8 Å². The van der Waals surface area contributed by atoms with Gasteiger partial charge in [0, 0.05) is 0 Å². The quantitative estimate of drug-likeness (QED) is 0.360. The fourth-order valence-electron chi connectivity index (χ4n) is 5.01. The highest BCUT2D eigenvalue weighted by atomic mass is 14.3. The van der Waals surface area contributed by atoms with Crippen LogP contribution >= 0.6 is 0 Å². The van der Waals surface area contributed by atoms with Gasteiger partial charge in [-0.25, -0.2) is 0 Å².